The molecule has 0 aromatic heterocycles. The molecule has 0 saturated heterocycles. The predicted molar refractivity (Wildman–Crippen MR) is 78.5 cm³/mol. The quantitative estimate of drug-likeness (QED) is 0.673. The van der Waals surface area contributed by atoms with Crippen LogP contribution in [0.15, 0.2) is 54.1 Å². The van der Waals surface area contributed by atoms with E-state index in [4.69, 9.17) is 0 Å². The summed E-state index contributed by atoms with van der Waals surface area (Å²) in [5.74, 6) is 0.621. The molecular weight excluding hydrogens is 216 g/mol. The van der Waals surface area contributed by atoms with Gasteiger partial charge in [0.1, 0.15) is 0 Å². The second-order valence-electron chi connectivity index (χ2n) is 5.19. The summed E-state index contributed by atoms with van der Waals surface area (Å²) in [6.45, 7) is 2.28. The first-order chi connectivity index (χ1) is 8.92. The second kappa shape index (κ2) is 4.97. The summed E-state index contributed by atoms with van der Waals surface area (Å²) >= 11 is 0. The smallest absolute Gasteiger partial charge is 0.0101 e. The Hall–Kier alpha value is -1.56. The van der Waals surface area contributed by atoms with E-state index in [1.54, 1.807) is 5.57 Å². The van der Waals surface area contributed by atoms with Gasteiger partial charge in [-0.25, -0.2) is 0 Å². The van der Waals surface area contributed by atoms with Crippen molar-refractivity contribution in [2.45, 2.75) is 38.5 Å². The van der Waals surface area contributed by atoms with Gasteiger partial charge in [-0.15, -0.1) is 0 Å². The number of hydrogen-bond donors (Lipinski definition) is 0. The monoisotopic (exact) mass is 236 g/mol. The van der Waals surface area contributed by atoms with Gasteiger partial charge in [-0.05, 0) is 35.1 Å². The number of allylic oxidation sites excluding steroid dienone is 6. The van der Waals surface area contributed by atoms with Crippen molar-refractivity contribution in [3.63, 3.8) is 0 Å². The minimum absolute atomic E-state index is 0.621. The topological polar surface area (TPSA) is 0 Å². The number of unbranched alkanes of at least 4 members (excludes halogenated alkanes) is 1. The van der Waals surface area contributed by atoms with Crippen LogP contribution < -0.4 is 0 Å². The standard InChI is InChI=1S/C18H20/c1-2-3-9-14-15-10-5-4-6-11-16(15)18-13-8-7-12-17(14)18/h5-8,10-14H,2-4,9H2,1H3. The van der Waals surface area contributed by atoms with Crippen molar-refractivity contribution in [3.8, 4) is 0 Å². The Bertz CT molecular complexity index is 529. The summed E-state index contributed by atoms with van der Waals surface area (Å²) in [5, 5.41) is 0. The zero-order valence-electron chi connectivity index (χ0n) is 11.0. The maximum Gasteiger partial charge on any atom is 0.0101 e. The highest BCUT2D eigenvalue weighted by molar-refractivity contribution is 5.86. The molecule has 18 heavy (non-hydrogen) atoms. The zero-order chi connectivity index (χ0) is 12.4. The molecule has 0 spiro atoms. The minimum atomic E-state index is 0.621. The van der Waals surface area contributed by atoms with Gasteiger partial charge in [0.15, 0.2) is 0 Å². The number of hydrogen-bond acceptors (Lipinski definition) is 0. The van der Waals surface area contributed by atoms with Gasteiger partial charge in [0.05, 0.1) is 0 Å². The molecule has 1 atom stereocenters. The van der Waals surface area contributed by atoms with Crippen LogP contribution in [0, 0.1) is 0 Å². The highest BCUT2D eigenvalue weighted by Crippen LogP contribution is 2.46. The Labute approximate surface area is 110 Å². The number of fused-ring (bicyclic) bond motifs is 2. The van der Waals surface area contributed by atoms with E-state index in [1.807, 2.05) is 0 Å². The normalized spacial score (nSPS) is 20.8. The Balaban J connectivity index is 2.07. The zero-order valence-corrected chi connectivity index (χ0v) is 11.0. The molecule has 0 fully saturated rings. The SMILES string of the molecule is CCCCC1C2=C(C=CCC=C2)c2ccccc21. The van der Waals surface area contributed by atoms with E-state index in [-0.39, 0.29) is 0 Å². The Morgan fingerprint density at radius 3 is 2.83 bits per heavy atom. The van der Waals surface area contributed by atoms with Crippen LogP contribution in [0.5, 0.6) is 0 Å². The van der Waals surface area contributed by atoms with E-state index >= 15 is 0 Å². The van der Waals surface area contributed by atoms with Crippen LogP contribution in [-0.4, -0.2) is 0 Å². The van der Waals surface area contributed by atoms with Crippen molar-refractivity contribution in [1.29, 1.82) is 0 Å². The predicted octanol–water partition coefficient (Wildman–Crippen LogP) is 5.24. The summed E-state index contributed by atoms with van der Waals surface area (Å²) < 4.78 is 0. The van der Waals surface area contributed by atoms with Gasteiger partial charge in [-0.3, -0.25) is 0 Å². The first-order valence-electron chi connectivity index (χ1n) is 7.08. The molecule has 0 N–H and O–H groups in total. The molecule has 1 aromatic carbocycles. The van der Waals surface area contributed by atoms with E-state index in [0.29, 0.717) is 5.92 Å². The molecule has 0 aliphatic heterocycles. The summed E-state index contributed by atoms with van der Waals surface area (Å²) in [4.78, 5) is 0. The van der Waals surface area contributed by atoms with Crippen molar-refractivity contribution in [2.75, 3.05) is 0 Å². The summed E-state index contributed by atoms with van der Waals surface area (Å²) in [6, 6.07) is 8.93. The van der Waals surface area contributed by atoms with Crippen LogP contribution in [0.4, 0.5) is 0 Å². The maximum atomic E-state index is 2.36. The molecule has 0 nitrogen and oxygen atoms in total. The number of benzene rings is 1. The molecule has 2 aliphatic carbocycles. The van der Waals surface area contributed by atoms with Crippen molar-refractivity contribution in [3.05, 3.63) is 65.3 Å². The molecule has 0 heteroatoms. The van der Waals surface area contributed by atoms with Crippen LogP contribution in [0.3, 0.4) is 0 Å². The van der Waals surface area contributed by atoms with Gasteiger partial charge in [0.2, 0.25) is 0 Å². The van der Waals surface area contributed by atoms with Gasteiger partial charge in [-0.2, -0.15) is 0 Å². The molecule has 0 heterocycles. The highest BCUT2D eigenvalue weighted by Gasteiger charge is 2.28. The Morgan fingerprint density at radius 2 is 1.94 bits per heavy atom. The fraction of sp³-hybridized carbons (Fsp3) is 0.333. The molecule has 1 unspecified atom stereocenters. The van der Waals surface area contributed by atoms with E-state index < -0.39 is 0 Å². The molecular formula is C18H20. The van der Waals surface area contributed by atoms with Crippen molar-refractivity contribution in [2.24, 2.45) is 0 Å². The van der Waals surface area contributed by atoms with Gasteiger partial charge < -0.3 is 0 Å². The third-order valence-corrected chi connectivity index (χ3v) is 4.01. The summed E-state index contributed by atoms with van der Waals surface area (Å²) in [7, 11) is 0. The first-order valence-corrected chi connectivity index (χ1v) is 7.08. The fourth-order valence-corrected chi connectivity index (χ4v) is 3.13. The van der Waals surface area contributed by atoms with Gasteiger partial charge in [0, 0.05) is 5.92 Å². The lowest BCUT2D eigenvalue weighted by Gasteiger charge is -2.14. The third-order valence-electron chi connectivity index (χ3n) is 4.01. The second-order valence-corrected chi connectivity index (χ2v) is 5.19. The van der Waals surface area contributed by atoms with Crippen LogP contribution >= 0.6 is 0 Å². The van der Waals surface area contributed by atoms with Gasteiger partial charge >= 0.3 is 0 Å². The molecule has 0 saturated carbocycles. The van der Waals surface area contributed by atoms with E-state index in [0.717, 1.165) is 6.42 Å². The lowest BCUT2D eigenvalue weighted by molar-refractivity contribution is 0.656. The Morgan fingerprint density at radius 1 is 1.11 bits per heavy atom. The lowest BCUT2D eigenvalue weighted by atomic mass is 9.90. The van der Waals surface area contributed by atoms with E-state index in [2.05, 4.69) is 55.5 Å². The largest absolute Gasteiger partial charge is 0.0804 e. The molecule has 1 aromatic rings. The van der Waals surface area contributed by atoms with E-state index in [1.165, 1.54) is 36.0 Å². The number of rotatable bonds is 3. The van der Waals surface area contributed by atoms with Crippen LogP contribution in [0.25, 0.3) is 5.57 Å². The van der Waals surface area contributed by atoms with Crippen LogP contribution in [0.2, 0.25) is 0 Å². The maximum absolute atomic E-state index is 2.36. The van der Waals surface area contributed by atoms with Crippen molar-refractivity contribution in [1.82, 2.24) is 0 Å². The average molecular weight is 236 g/mol. The highest BCUT2D eigenvalue weighted by atomic mass is 14.3. The fourth-order valence-electron chi connectivity index (χ4n) is 3.13. The lowest BCUT2D eigenvalue weighted by Crippen LogP contribution is -1.97. The molecule has 3 rings (SSSR count). The first kappa shape index (κ1) is 11.5. The summed E-state index contributed by atoms with van der Waals surface area (Å²) in [6.07, 6.45) is 14.2. The third kappa shape index (κ3) is 1.86. The van der Waals surface area contributed by atoms with Crippen LogP contribution in [-0.2, 0) is 0 Å². The van der Waals surface area contributed by atoms with Crippen LogP contribution in [0.1, 0.15) is 49.7 Å². The van der Waals surface area contributed by atoms with Gasteiger partial charge in [-0.1, -0.05) is 68.3 Å². The molecule has 0 amide bonds. The molecule has 0 bridgehead atoms. The minimum Gasteiger partial charge on any atom is -0.0804 e. The average Bonchev–Trinajstić information content (AvgIpc) is 2.56. The molecule has 0 radical (unpaired) electrons. The molecule has 92 valence electrons. The van der Waals surface area contributed by atoms with E-state index in [9.17, 15) is 0 Å². The summed E-state index contributed by atoms with van der Waals surface area (Å²) in [5.41, 5.74) is 5.99. The van der Waals surface area contributed by atoms with Gasteiger partial charge in [0.25, 0.3) is 0 Å². The van der Waals surface area contributed by atoms with Crippen molar-refractivity contribution >= 4 is 5.57 Å². The van der Waals surface area contributed by atoms with Crippen molar-refractivity contribution < 1.29 is 0 Å². The molecule has 2 aliphatic rings. The Kier molecular flexibility index (Phi) is 3.19.